The van der Waals surface area contributed by atoms with Crippen LogP contribution in [0.1, 0.15) is 22.3 Å². The van der Waals surface area contributed by atoms with Gasteiger partial charge in [-0.25, -0.2) is 0 Å². The molecule has 85 heavy (non-hydrogen) atoms. The van der Waals surface area contributed by atoms with Crippen LogP contribution >= 0.6 is 11.3 Å². The summed E-state index contributed by atoms with van der Waals surface area (Å²) in [4.78, 5) is 2.57. The minimum Gasteiger partial charge on any atom is -0.309 e. The molecule has 0 saturated heterocycles. The lowest BCUT2D eigenvalue weighted by molar-refractivity contribution is 0.794. The Labute approximate surface area is 494 Å². The first-order valence-corrected chi connectivity index (χ1v) is 30.2. The number of fused-ring (bicyclic) bond motifs is 24. The monoisotopic (exact) mass is 1100 g/mol. The minimum absolute atomic E-state index is 0.432. The van der Waals surface area contributed by atoms with Crippen LogP contribution in [0.25, 0.3) is 130 Å². The average molecular weight is 1100 g/mol. The van der Waals surface area contributed by atoms with Gasteiger partial charge in [0.1, 0.15) is 0 Å². The van der Waals surface area contributed by atoms with Crippen molar-refractivity contribution in [1.82, 2.24) is 9.13 Å². The molecule has 0 aliphatic heterocycles. The first-order chi connectivity index (χ1) is 42.2. The molecule has 3 nitrogen and oxygen atoms in total. The standard InChI is InChI=1S/C81H49N3S/c1-2-21-51(22-3-1)82-70-38-16-11-31-63(70)78-71(82)39-20-40-72(78)83(52-45-43-50(44-46-52)54-32-18-37-69-76(54)62-30-10-15-36-68(62)81(69)66-34-13-8-25-57(66)58-26-9-14-35-67(58)81)73-41-19-33-64-77-60-28-6-4-23-55(60)56-24-5-7-29-61(56)80(77)84(79(64)73)53-47-48-75-65(49-53)59-27-12-17-42-74(59)85-75/h1-49H. The van der Waals surface area contributed by atoms with Gasteiger partial charge in [-0.05, 0) is 145 Å². The Morgan fingerprint density at radius 3 is 1.61 bits per heavy atom. The van der Waals surface area contributed by atoms with Gasteiger partial charge >= 0.3 is 0 Å². The third kappa shape index (κ3) is 6.28. The van der Waals surface area contributed by atoms with Crippen LogP contribution in [0.4, 0.5) is 17.1 Å². The quantitative estimate of drug-likeness (QED) is 0.151. The van der Waals surface area contributed by atoms with Crippen LogP contribution in [-0.2, 0) is 5.41 Å². The van der Waals surface area contributed by atoms with Crippen LogP contribution < -0.4 is 4.90 Å². The smallest absolute Gasteiger partial charge is 0.0782 e. The van der Waals surface area contributed by atoms with Crippen molar-refractivity contribution in [3.05, 3.63) is 320 Å². The maximum absolute atomic E-state index is 2.61. The number of anilines is 3. The topological polar surface area (TPSA) is 13.1 Å². The van der Waals surface area contributed by atoms with Crippen LogP contribution in [-0.4, -0.2) is 9.13 Å². The third-order valence-corrected chi connectivity index (χ3v) is 20.0. The first kappa shape index (κ1) is 46.8. The predicted octanol–water partition coefficient (Wildman–Crippen LogP) is 22.0. The number of nitrogens with zero attached hydrogens (tertiary/aromatic N) is 3. The van der Waals surface area contributed by atoms with Crippen molar-refractivity contribution in [2.45, 2.75) is 5.41 Å². The normalized spacial score (nSPS) is 13.0. The van der Waals surface area contributed by atoms with Gasteiger partial charge in [-0.2, -0.15) is 0 Å². The van der Waals surface area contributed by atoms with Crippen LogP contribution in [0.2, 0.25) is 0 Å². The number of hydrogen-bond donors (Lipinski definition) is 0. The van der Waals surface area contributed by atoms with E-state index in [0.29, 0.717) is 0 Å². The Morgan fingerprint density at radius 1 is 0.294 bits per heavy atom. The molecule has 2 aliphatic carbocycles. The molecular weight excluding hydrogens is 1050 g/mol. The van der Waals surface area contributed by atoms with Crippen molar-refractivity contribution in [1.29, 1.82) is 0 Å². The van der Waals surface area contributed by atoms with E-state index in [2.05, 4.69) is 311 Å². The van der Waals surface area contributed by atoms with Gasteiger partial charge in [0, 0.05) is 64.2 Å². The Balaban J connectivity index is 0.907. The summed E-state index contributed by atoms with van der Waals surface area (Å²) >= 11 is 1.87. The molecule has 0 fully saturated rings. The maximum Gasteiger partial charge on any atom is 0.0782 e. The van der Waals surface area contributed by atoms with Crippen molar-refractivity contribution >= 4 is 114 Å². The lowest BCUT2D eigenvalue weighted by atomic mass is 9.70. The molecule has 3 heterocycles. The van der Waals surface area contributed by atoms with Gasteiger partial charge in [0.15, 0.2) is 0 Å². The van der Waals surface area contributed by atoms with Crippen LogP contribution in [0.3, 0.4) is 0 Å². The van der Waals surface area contributed by atoms with Crippen molar-refractivity contribution in [3.8, 4) is 44.8 Å². The van der Waals surface area contributed by atoms with Gasteiger partial charge in [-0.1, -0.05) is 224 Å². The summed E-state index contributed by atoms with van der Waals surface area (Å²) < 4.78 is 7.62. The van der Waals surface area contributed by atoms with Crippen molar-refractivity contribution in [3.63, 3.8) is 0 Å². The first-order valence-electron chi connectivity index (χ1n) is 29.4. The highest BCUT2D eigenvalue weighted by Crippen LogP contribution is 2.64. The Kier molecular flexibility index (Phi) is 9.70. The van der Waals surface area contributed by atoms with Crippen LogP contribution in [0, 0.1) is 0 Å². The summed E-state index contributed by atoms with van der Waals surface area (Å²) in [6.07, 6.45) is 0. The van der Waals surface area contributed by atoms with Gasteiger partial charge < -0.3 is 14.0 Å². The minimum atomic E-state index is -0.432. The number of aromatic nitrogens is 2. The van der Waals surface area contributed by atoms with E-state index in [1.54, 1.807) is 0 Å². The largest absolute Gasteiger partial charge is 0.309 e. The highest BCUT2D eigenvalue weighted by Gasteiger charge is 2.52. The fraction of sp³-hybridized carbons (Fsp3) is 0.0123. The zero-order chi connectivity index (χ0) is 55.5. The molecule has 394 valence electrons. The summed E-state index contributed by atoms with van der Waals surface area (Å²) in [6.45, 7) is 0. The van der Waals surface area contributed by atoms with E-state index in [1.165, 1.54) is 124 Å². The fourth-order valence-electron chi connectivity index (χ4n) is 15.6. The number of rotatable bonds is 6. The fourth-order valence-corrected chi connectivity index (χ4v) is 16.7. The average Bonchev–Trinajstić information content (AvgIpc) is 1.56. The summed E-state index contributed by atoms with van der Waals surface area (Å²) in [5, 5.41) is 12.3. The molecule has 19 rings (SSSR count). The number of hydrogen-bond acceptors (Lipinski definition) is 2. The maximum atomic E-state index is 2.61. The molecule has 0 saturated carbocycles. The van der Waals surface area contributed by atoms with E-state index in [1.807, 2.05) is 11.3 Å². The zero-order valence-corrected chi connectivity index (χ0v) is 46.9. The predicted molar refractivity (Wildman–Crippen MR) is 359 cm³/mol. The Hall–Kier alpha value is -10.8. The molecule has 0 radical (unpaired) electrons. The molecule has 0 amide bonds. The summed E-state index contributed by atoms with van der Waals surface area (Å²) in [5.41, 5.74) is 22.7. The lowest BCUT2D eigenvalue weighted by Gasteiger charge is -2.30. The lowest BCUT2D eigenvalue weighted by Crippen LogP contribution is -2.25. The molecule has 0 atom stereocenters. The number of benzene rings is 14. The number of para-hydroxylation sites is 3. The molecular formula is C81H49N3S. The van der Waals surface area contributed by atoms with E-state index in [-0.39, 0.29) is 0 Å². The van der Waals surface area contributed by atoms with E-state index in [4.69, 9.17) is 0 Å². The molecule has 17 aromatic rings. The number of thiophene rings is 1. The molecule has 3 aromatic heterocycles. The van der Waals surface area contributed by atoms with Crippen LogP contribution in [0.5, 0.6) is 0 Å². The second kappa shape index (κ2) is 17.6. The van der Waals surface area contributed by atoms with Crippen molar-refractivity contribution < 1.29 is 0 Å². The van der Waals surface area contributed by atoms with Gasteiger partial charge in [0.25, 0.3) is 0 Å². The summed E-state index contributed by atoms with van der Waals surface area (Å²) in [5.74, 6) is 0. The molecule has 0 N–H and O–H groups in total. The highest BCUT2D eigenvalue weighted by molar-refractivity contribution is 7.25. The molecule has 4 heteroatoms. The molecule has 1 spiro atoms. The highest BCUT2D eigenvalue weighted by atomic mass is 32.1. The SMILES string of the molecule is c1ccc(-n2c3ccccc3c3c(N(c4ccc(-c5cccc6c5-c5ccccc5C65c6ccccc6-c6ccccc65)cc4)c4cccc5c6c7ccccc7c7ccccc7c6n(-c6ccc7sc8ccccc8c7c6)c45)cccc32)cc1. The van der Waals surface area contributed by atoms with E-state index < -0.39 is 5.41 Å². The Morgan fingerprint density at radius 2 is 0.835 bits per heavy atom. The van der Waals surface area contributed by atoms with E-state index >= 15 is 0 Å². The van der Waals surface area contributed by atoms with E-state index in [9.17, 15) is 0 Å². The third-order valence-electron chi connectivity index (χ3n) is 18.9. The van der Waals surface area contributed by atoms with Crippen molar-refractivity contribution in [2.24, 2.45) is 0 Å². The van der Waals surface area contributed by atoms with Crippen molar-refractivity contribution in [2.75, 3.05) is 4.90 Å². The second-order valence-corrected chi connectivity index (χ2v) is 24.0. The van der Waals surface area contributed by atoms with Gasteiger partial charge in [-0.3, -0.25) is 0 Å². The zero-order valence-electron chi connectivity index (χ0n) is 46.0. The van der Waals surface area contributed by atoms with Gasteiger partial charge in [-0.15, -0.1) is 11.3 Å². The molecule has 2 aliphatic rings. The van der Waals surface area contributed by atoms with Gasteiger partial charge in [0.05, 0.1) is 38.9 Å². The van der Waals surface area contributed by atoms with Gasteiger partial charge in [0.2, 0.25) is 0 Å². The van der Waals surface area contributed by atoms with Crippen LogP contribution in [0.15, 0.2) is 297 Å². The molecule has 14 aromatic carbocycles. The summed E-state index contributed by atoms with van der Waals surface area (Å²) in [6, 6.07) is 112. The Bertz CT molecular complexity index is 5640. The van der Waals surface area contributed by atoms with E-state index in [0.717, 1.165) is 45.0 Å². The second-order valence-electron chi connectivity index (χ2n) is 23.0. The molecule has 0 bridgehead atoms. The summed E-state index contributed by atoms with van der Waals surface area (Å²) in [7, 11) is 0. The molecule has 0 unspecified atom stereocenters.